The molecule has 1 saturated heterocycles. The Morgan fingerprint density at radius 1 is 1.12 bits per heavy atom. The number of methoxy groups -OCH3 is 1. The zero-order valence-electron chi connectivity index (χ0n) is 19.8. The highest BCUT2D eigenvalue weighted by Gasteiger charge is 2.33. The molecule has 180 valence electrons. The van der Waals surface area contributed by atoms with Crippen molar-refractivity contribution in [3.63, 3.8) is 0 Å². The lowest BCUT2D eigenvalue weighted by Gasteiger charge is -2.31. The topological polar surface area (TPSA) is 84.9 Å². The largest absolute Gasteiger partial charge is 0.497 e. The number of carbonyl (C=O) groups excluding carboxylic acids is 1. The Morgan fingerprint density at radius 2 is 1.82 bits per heavy atom. The van der Waals surface area contributed by atoms with Crippen LogP contribution in [0.3, 0.4) is 0 Å². The maximum atomic E-state index is 13.0. The molecule has 7 nitrogen and oxygen atoms in total. The second-order valence-corrected chi connectivity index (χ2v) is 11.2. The maximum absolute atomic E-state index is 13.0. The molecule has 8 heteroatoms. The van der Waals surface area contributed by atoms with Crippen LogP contribution < -0.4 is 14.8 Å². The summed E-state index contributed by atoms with van der Waals surface area (Å²) in [5, 5.41) is 2.91. The highest BCUT2D eigenvalue weighted by molar-refractivity contribution is 7.89. The normalized spacial score (nSPS) is 17.4. The van der Waals surface area contributed by atoms with Gasteiger partial charge in [0.05, 0.1) is 24.5 Å². The van der Waals surface area contributed by atoms with E-state index in [4.69, 9.17) is 9.47 Å². The number of nitrogens with one attached hydrogen (secondary N) is 1. The Morgan fingerprint density at radius 3 is 2.48 bits per heavy atom. The molecule has 2 aromatic carbocycles. The fourth-order valence-electron chi connectivity index (χ4n) is 3.96. The second-order valence-electron chi connectivity index (χ2n) is 9.26. The molecule has 0 spiro atoms. The van der Waals surface area contributed by atoms with E-state index in [9.17, 15) is 13.2 Å². The summed E-state index contributed by atoms with van der Waals surface area (Å²) in [5.74, 6) is 0.886. The van der Waals surface area contributed by atoms with Crippen molar-refractivity contribution in [3.8, 4) is 11.5 Å². The predicted molar refractivity (Wildman–Crippen MR) is 128 cm³/mol. The van der Waals surface area contributed by atoms with Crippen LogP contribution >= 0.6 is 0 Å². The van der Waals surface area contributed by atoms with Crippen molar-refractivity contribution in [1.82, 2.24) is 9.62 Å². The molecule has 0 aromatic heterocycles. The van der Waals surface area contributed by atoms with Crippen LogP contribution in [0.15, 0.2) is 53.4 Å². The van der Waals surface area contributed by atoms with E-state index >= 15 is 0 Å². The lowest BCUT2D eigenvalue weighted by atomic mass is 9.86. The number of benzene rings is 2. The van der Waals surface area contributed by atoms with Crippen molar-refractivity contribution < 1.29 is 22.7 Å². The Bertz CT molecular complexity index is 1050. The van der Waals surface area contributed by atoms with Gasteiger partial charge in [0.2, 0.25) is 15.9 Å². The summed E-state index contributed by atoms with van der Waals surface area (Å²) in [6.45, 7) is 7.68. The van der Waals surface area contributed by atoms with E-state index in [-0.39, 0.29) is 28.7 Å². The minimum absolute atomic E-state index is 0.0409. The zero-order valence-corrected chi connectivity index (χ0v) is 20.7. The van der Waals surface area contributed by atoms with Gasteiger partial charge in [-0.3, -0.25) is 4.79 Å². The van der Waals surface area contributed by atoms with Gasteiger partial charge in [-0.25, -0.2) is 8.42 Å². The Hall–Kier alpha value is -2.58. The molecule has 1 heterocycles. The molecule has 33 heavy (non-hydrogen) atoms. The number of para-hydroxylation sites is 1. The first-order valence-corrected chi connectivity index (χ1v) is 12.7. The lowest BCUT2D eigenvalue weighted by Crippen LogP contribution is -2.46. The lowest BCUT2D eigenvalue weighted by molar-refractivity contribution is -0.126. The minimum Gasteiger partial charge on any atom is -0.497 e. The van der Waals surface area contributed by atoms with Crippen LogP contribution in [0.25, 0.3) is 0 Å². The molecular formula is C25H34N2O5S. The first-order chi connectivity index (χ1) is 15.6. The second kappa shape index (κ2) is 10.6. The van der Waals surface area contributed by atoms with Crippen LogP contribution in [0.2, 0.25) is 0 Å². The van der Waals surface area contributed by atoms with Gasteiger partial charge >= 0.3 is 0 Å². The first kappa shape index (κ1) is 25.1. The van der Waals surface area contributed by atoms with Crippen LogP contribution in [0.5, 0.6) is 11.5 Å². The monoisotopic (exact) mass is 474 g/mol. The van der Waals surface area contributed by atoms with Crippen molar-refractivity contribution in [2.75, 3.05) is 33.4 Å². The van der Waals surface area contributed by atoms with E-state index in [1.54, 1.807) is 12.1 Å². The number of carbonyl (C=O) groups is 1. The van der Waals surface area contributed by atoms with Crippen molar-refractivity contribution >= 4 is 15.9 Å². The van der Waals surface area contributed by atoms with Crippen LogP contribution in [0.4, 0.5) is 0 Å². The quantitative estimate of drug-likeness (QED) is 0.591. The molecule has 1 aliphatic rings. The van der Waals surface area contributed by atoms with Gasteiger partial charge in [0, 0.05) is 13.1 Å². The third-order valence-corrected chi connectivity index (χ3v) is 7.69. The third-order valence-electron chi connectivity index (χ3n) is 5.81. The minimum atomic E-state index is -3.66. The van der Waals surface area contributed by atoms with E-state index in [0.717, 1.165) is 11.3 Å². The average molecular weight is 475 g/mol. The third kappa shape index (κ3) is 6.26. The van der Waals surface area contributed by atoms with E-state index in [0.29, 0.717) is 38.3 Å². The molecule has 1 fully saturated rings. The van der Waals surface area contributed by atoms with E-state index in [2.05, 4.69) is 26.1 Å². The summed E-state index contributed by atoms with van der Waals surface area (Å²) in [4.78, 5) is 12.9. The summed E-state index contributed by atoms with van der Waals surface area (Å²) in [7, 11) is -2.13. The highest BCUT2D eigenvalue weighted by atomic mass is 32.2. The smallest absolute Gasteiger partial charge is 0.243 e. The van der Waals surface area contributed by atoms with Gasteiger partial charge in [0.15, 0.2) is 0 Å². The summed E-state index contributed by atoms with van der Waals surface area (Å²) in [6, 6.07) is 14.2. The van der Waals surface area contributed by atoms with Crippen molar-refractivity contribution in [2.45, 2.75) is 43.9 Å². The van der Waals surface area contributed by atoms with Gasteiger partial charge in [-0.15, -0.1) is 0 Å². The molecule has 1 atom stereocenters. The maximum Gasteiger partial charge on any atom is 0.243 e. The van der Waals surface area contributed by atoms with E-state index < -0.39 is 10.0 Å². The molecule has 0 aliphatic carbocycles. The van der Waals surface area contributed by atoms with Gasteiger partial charge in [-0.1, -0.05) is 39.0 Å². The summed E-state index contributed by atoms with van der Waals surface area (Å²) in [5.41, 5.74) is 1.07. The number of ether oxygens (including phenoxy) is 2. The Labute approximate surface area is 197 Å². The van der Waals surface area contributed by atoms with E-state index in [1.165, 1.54) is 23.5 Å². The SMILES string of the molecule is COc1ccc(S(=O)(=O)N2CCC[C@@H](C(=O)NCCOc3ccccc3C(C)(C)C)C2)cc1. The van der Waals surface area contributed by atoms with E-state index in [1.807, 2.05) is 24.3 Å². The van der Waals surface area contributed by atoms with Gasteiger partial charge in [-0.2, -0.15) is 4.31 Å². The molecule has 0 bridgehead atoms. The molecular weight excluding hydrogens is 440 g/mol. The number of hydrogen-bond acceptors (Lipinski definition) is 5. The number of hydrogen-bond donors (Lipinski definition) is 1. The fourth-order valence-corrected chi connectivity index (χ4v) is 5.49. The van der Waals surface area contributed by atoms with Crippen molar-refractivity contribution in [3.05, 3.63) is 54.1 Å². The fraction of sp³-hybridized carbons (Fsp3) is 0.480. The number of piperidine rings is 1. The highest BCUT2D eigenvalue weighted by Crippen LogP contribution is 2.31. The Kier molecular flexibility index (Phi) is 8.02. The van der Waals surface area contributed by atoms with Crippen LogP contribution in [0, 0.1) is 5.92 Å². The van der Waals surface area contributed by atoms with Gasteiger partial charge < -0.3 is 14.8 Å². The van der Waals surface area contributed by atoms with Crippen LogP contribution in [0.1, 0.15) is 39.2 Å². The van der Waals surface area contributed by atoms with Crippen LogP contribution in [-0.4, -0.2) is 52.0 Å². The number of nitrogens with zero attached hydrogens (tertiary/aromatic N) is 1. The molecule has 3 rings (SSSR count). The summed E-state index contributed by atoms with van der Waals surface area (Å²) >= 11 is 0. The molecule has 0 saturated carbocycles. The molecule has 2 aromatic rings. The number of sulfonamides is 1. The number of amides is 1. The molecule has 1 aliphatic heterocycles. The average Bonchev–Trinajstić information content (AvgIpc) is 2.81. The molecule has 1 amide bonds. The van der Waals surface area contributed by atoms with Crippen molar-refractivity contribution in [2.24, 2.45) is 5.92 Å². The standard InChI is InChI=1S/C25H34N2O5S/c1-25(2,3)22-9-5-6-10-23(22)32-17-15-26-24(28)19-8-7-16-27(18-19)33(29,30)21-13-11-20(31-4)12-14-21/h5-6,9-14,19H,7-8,15-18H2,1-4H3,(H,26,28)/t19-/m1/s1. The van der Waals surface area contributed by atoms with Gasteiger partial charge in [0.25, 0.3) is 0 Å². The van der Waals surface area contributed by atoms with Gasteiger partial charge in [-0.05, 0) is 54.2 Å². The number of rotatable bonds is 8. The summed E-state index contributed by atoms with van der Waals surface area (Å²) < 4.78 is 38.5. The van der Waals surface area contributed by atoms with Crippen LogP contribution in [-0.2, 0) is 20.2 Å². The molecule has 0 unspecified atom stereocenters. The van der Waals surface area contributed by atoms with Gasteiger partial charge in [0.1, 0.15) is 18.1 Å². The zero-order chi connectivity index (χ0) is 24.1. The Balaban J connectivity index is 1.54. The van der Waals surface area contributed by atoms with Crippen molar-refractivity contribution in [1.29, 1.82) is 0 Å². The summed E-state index contributed by atoms with van der Waals surface area (Å²) in [6.07, 6.45) is 1.30. The molecule has 1 N–H and O–H groups in total. The predicted octanol–water partition coefficient (Wildman–Crippen LogP) is 3.59. The molecule has 0 radical (unpaired) electrons. The first-order valence-electron chi connectivity index (χ1n) is 11.3.